The normalized spacial score (nSPS) is 24.1. The second kappa shape index (κ2) is 6.70. The van der Waals surface area contributed by atoms with E-state index in [2.05, 4.69) is 30.0 Å². The van der Waals surface area contributed by atoms with Crippen molar-refractivity contribution in [1.82, 2.24) is 4.90 Å². The number of piperidine rings is 1. The number of likely N-dealkylation sites (tertiary alicyclic amines) is 1. The van der Waals surface area contributed by atoms with Gasteiger partial charge >= 0.3 is 0 Å². The monoisotopic (exact) mass is 257 g/mol. The first kappa shape index (κ1) is 14.0. The van der Waals surface area contributed by atoms with Crippen molar-refractivity contribution in [2.24, 2.45) is 11.7 Å². The molecule has 1 aromatic carbocycles. The summed E-state index contributed by atoms with van der Waals surface area (Å²) in [5.41, 5.74) is 8.00. The highest BCUT2D eigenvalue weighted by Crippen LogP contribution is 2.35. The Labute approximate surface area is 116 Å². The molecule has 0 amide bonds. The molecular weight excluding hydrogens is 234 g/mol. The molecule has 0 radical (unpaired) electrons. The number of hydrogen-bond donors (Lipinski definition) is 1. The van der Waals surface area contributed by atoms with Gasteiger partial charge in [-0.2, -0.15) is 5.26 Å². The van der Waals surface area contributed by atoms with Crippen molar-refractivity contribution in [3.8, 4) is 6.07 Å². The first-order valence-corrected chi connectivity index (χ1v) is 7.24. The average Bonchev–Trinajstić information content (AvgIpc) is 2.47. The van der Waals surface area contributed by atoms with Gasteiger partial charge in [0.25, 0.3) is 0 Å². The topological polar surface area (TPSA) is 53.0 Å². The summed E-state index contributed by atoms with van der Waals surface area (Å²) in [6.45, 7) is 5.25. The highest BCUT2D eigenvalue weighted by atomic mass is 15.2. The molecule has 2 rings (SSSR count). The van der Waals surface area contributed by atoms with Crippen LogP contribution in [0.2, 0.25) is 0 Å². The summed E-state index contributed by atoms with van der Waals surface area (Å²) in [7, 11) is 0. The van der Waals surface area contributed by atoms with Gasteiger partial charge in [0.1, 0.15) is 0 Å². The number of benzene rings is 1. The Balaban J connectivity index is 2.25. The van der Waals surface area contributed by atoms with Crippen LogP contribution in [0, 0.1) is 17.2 Å². The van der Waals surface area contributed by atoms with Crippen LogP contribution in [0.15, 0.2) is 24.3 Å². The lowest BCUT2D eigenvalue weighted by molar-refractivity contribution is 0.0960. The van der Waals surface area contributed by atoms with Crippen LogP contribution in [0.5, 0.6) is 0 Å². The molecule has 1 aliphatic rings. The lowest BCUT2D eigenvalue weighted by atomic mass is 9.84. The van der Waals surface area contributed by atoms with E-state index < -0.39 is 0 Å². The maximum Gasteiger partial charge on any atom is 0.0991 e. The number of rotatable bonds is 4. The van der Waals surface area contributed by atoms with Gasteiger partial charge in [0, 0.05) is 6.04 Å². The van der Waals surface area contributed by atoms with Gasteiger partial charge in [0.15, 0.2) is 0 Å². The maximum absolute atomic E-state index is 8.89. The third kappa shape index (κ3) is 3.15. The van der Waals surface area contributed by atoms with Crippen LogP contribution in [-0.4, -0.2) is 24.5 Å². The first-order chi connectivity index (χ1) is 9.30. The minimum atomic E-state index is 0.423. The molecule has 2 N–H and O–H groups in total. The highest BCUT2D eigenvalue weighted by Gasteiger charge is 2.31. The molecule has 2 atom stereocenters. The fourth-order valence-electron chi connectivity index (χ4n) is 3.17. The van der Waals surface area contributed by atoms with Crippen LogP contribution in [-0.2, 0) is 0 Å². The number of nitrogens with zero attached hydrogens (tertiary/aromatic N) is 2. The Morgan fingerprint density at radius 2 is 2.11 bits per heavy atom. The quantitative estimate of drug-likeness (QED) is 0.902. The molecule has 0 saturated carbocycles. The molecule has 1 aromatic rings. The molecule has 3 nitrogen and oxygen atoms in total. The number of nitriles is 1. The second-order valence-electron chi connectivity index (χ2n) is 5.35. The standard InChI is InChI=1S/C16H23N3/c1-2-9-19-10-3-4-15(12-18)16(19)14-7-5-13(11-17)6-8-14/h5-8,15-16H,2-4,9-10,12,18H2,1H3. The van der Waals surface area contributed by atoms with E-state index >= 15 is 0 Å². The van der Waals surface area contributed by atoms with Gasteiger partial charge in [0.2, 0.25) is 0 Å². The molecule has 1 heterocycles. The lowest BCUT2D eigenvalue weighted by Gasteiger charge is -2.41. The van der Waals surface area contributed by atoms with E-state index in [1.54, 1.807) is 0 Å². The van der Waals surface area contributed by atoms with E-state index in [4.69, 9.17) is 11.0 Å². The van der Waals surface area contributed by atoms with E-state index in [9.17, 15) is 0 Å². The Morgan fingerprint density at radius 3 is 2.68 bits per heavy atom. The van der Waals surface area contributed by atoms with Crippen molar-refractivity contribution in [3.05, 3.63) is 35.4 Å². The second-order valence-corrected chi connectivity index (χ2v) is 5.35. The number of nitrogens with two attached hydrogens (primary N) is 1. The third-order valence-electron chi connectivity index (χ3n) is 4.06. The molecule has 0 spiro atoms. The van der Waals surface area contributed by atoms with Crippen LogP contribution in [0.1, 0.15) is 43.4 Å². The Morgan fingerprint density at radius 1 is 1.37 bits per heavy atom. The summed E-state index contributed by atoms with van der Waals surface area (Å²) in [6, 6.07) is 10.6. The molecule has 3 heteroatoms. The zero-order valence-electron chi connectivity index (χ0n) is 11.7. The fourth-order valence-corrected chi connectivity index (χ4v) is 3.17. The zero-order chi connectivity index (χ0) is 13.7. The molecule has 102 valence electrons. The van der Waals surface area contributed by atoms with Gasteiger partial charge in [-0.3, -0.25) is 4.90 Å². The fraction of sp³-hybridized carbons (Fsp3) is 0.562. The number of hydrogen-bond acceptors (Lipinski definition) is 3. The van der Waals surface area contributed by atoms with Gasteiger partial charge in [-0.05, 0) is 62.5 Å². The Hall–Kier alpha value is -1.37. The molecule has 0 aliphatic carbocycles. The van der Waals surface area contributed by atoms with E-state index in [1.165, 1.54) is 24.8 Å². The largest absolute Gasteiger partial charge is 0.330 e. The van der Waals surface area contributed by atoms with Crippen molar-refractivity contribution in [2.45, 2.75) is 32.2 Å². The van der Waals surface area contributed by atoms with Crippen LogP contribution in [0.4, 0.5) is 0 Å². The molecule has 2 unspecified atom stereocenters. The van der Waals surface area contributed by atoms with Gasteiger partial charge in [-0.15, -0.1) is 0 Å². The van der Waals surface area contributed by atoms with E-state index in [1.807, 2.05) is 12.1 Å². The van der Waals surface area contributed by atoms with E-state index in [0.29, 0.717) is 12.0 Å². The summed E-state index contributed by atoms with van der Waals surface area (Å²) in [4.78, 5) is 2.56. The predicted molar refractivity (Wildman–Crippen MR) is 77.5 cm³/mol. The predicted octanol–water partition coefficient (Wildman–Crippen LogP) is 2.68. The molecule has 0 bridgehead atoms. The minimum absolute atomic E-state index is 0.423. The molecular formula is C16H23N3. The van der Waals surface area contributed by atoms with Gasteiger partial charge in [0.05, 0.1) is 11.6 Å². The van der Waals surface area contributed by atoms with Crippen LogP contribution in [0.25, 0.3) is 0 Å². The van der Waals surface area contributed by atoms with E-state index in [-0.39, 0.29) is 0 Å². The summed E-state index contributed by atoms with van der Waals surface area (Å²) in [5, 5.41) is 8.89. The third-order valence-corrected chi connectivity index (χ3v) is 4.06. The summed E-state index contributed by atoms with van der Waals surface area (Å²) < 4.78 is 0. The van der Waals surface area contributed by atoms with Crippen molar-refractivity contribution >= 4 is 0 Å². The smallest absolute Gasteiger partial charge is 0.0991 e. The van der Waals surface area contributed by atoms with Gasteiger partial charge in [-0.1, -0.05) is 19.1 Å². The van der Waals surface area contributed by atoms with Crippen molar-refractivity contribution in [3.63, 3.8) is 0 Å². The minimum Gasteiger partial charge on any atom is -0.330 e. The summed E-state index contributed by atoms with van der Waals surface area (Å²) in [6.07, 6.45) is 3.63. The average molecular weight is 257 g/mol. The maximum atomic E-state index is 8.89. The van der Waals surface area contributed by atoms with Crippen molar-refractivity contribution < 1.29 is 0 Å². The Bertz CT molecular complexity index is 430. The SMILES string of the molecule is CCCN1CCCC(CN)C1c1ccc(C#N)cc1. The summed E-state index contributed by atoms with van der Waals surface area (Å²) >= 11 is 0. The molecule has 19 heavy (non-hydrogen) atoms. The molecule has 1 aliphatic heterocycles. The van der Waals surface area contributed by atoms with Crippen molar-refractivity contribution in [2.75, 3.05) is 19.6 Å². The molecule has 1 fully saturated rings. The Kier molecular flexibility index (Phi) is 4.95. The lowest BCUT2D eigenvalue weighted by Crippen LogP contribution is -2.41. The highest BCUT2D eigenvalue weighted by molar-refractivity contribution is 5.33. The first-order valence-electron chi connectivity index (χ1n) is 7.24. The van der Waals surface area contributed by atoms with E-state index in [0.717, 1.165) is 25.2 Å². The van der Waals surface area contributed by atoms with Crippen molar-refractivity contribution in [1.29, 1.82) is 5.26 Å². The van der Waals surface area contributed by atoms with Crippen LogP contribution >= 0.6 is 0 Å². The summed E-state index contributed by atoms with van der Waals surface area (Å²) in [5.74, 6) is 0.535. The van der Waals surface area contributed by atoms with Gasteiger partial charge in [-0.25, -0.2) is 0 Å². The zero-order valence-corrected chi connectivity index (χ0v) is 11.7. The molecule has 1 saturated heterocycles. The van der Waals surface area contributed by atoms with Crippen LogP contribution in [0.3, 0.4) is 0 Å². The van der Waals surface area contributed by atoms with Crippen LogP contribution < -0.4 is 5.73 Å². The molecule has 0 aromatic heterocycles. The van der Waals surface area contributed by atoms with Gasteiger partial charge < -0.3 is 5.73 Å².